The van der Waals surface area contributed by atoms with Gasteiger partial charge in [0.15, 0.2) is 11.6 Å². The molecule has 2 aromatic carbocycles. The fraction of sp³-hybridized carbons (Fsp3) is 0.238. The molecule has 0 aromatic heterocycles. The Morgan fingerprint density at radius 1 is 0.792 bits per heavy atom. The lowest BCUT2D eigenvalue weighted by Crippen LogP contribution is -2.04. The van der Waals surface area contributed by atoms with Crippen LogP contribution in [0.1, 0.15) is 39.2 Å². The smallest absolute Gasteiger partial charge is 0.159 e. The summed E-state index contributed by atoms with van der Waals surface area (Å²) in [5, 5.41) is 10.2. The van der Waals surface area contributed by atoms with E-state index in [1.165, 1.54) is 23.3 Å². The summed E-state index contributed by atoms with van der Waals surface area (Å²) < 4.78 is 27.9. The minimum atomic E-state index is -0.910. The Hall–Kier alpha value is -2.42. The van der Waals surface area contributed by atoms with Crippen molar-refractivity contribution in [2.45, 2.75) is 33.6 Å². The third-order valence-corrected chi connectivity index (χ3v) is 5.21. The highest BCUT2D eigenvalue weighted by Gasteiger charge is 2.29. The van der Waals surface area contributed by atoms with E-state index in [-0.39, 0.29) is 11.7 Å². The highest BCUT2D eigenvalue weighted by Crippen LogP contribution is 2.47. The topological polar surface area (TPSA) is 20.2 Å². The molecule has 1 nitrogen and oxygen atoms in total. The van der Waals surface area contributed by atoms with Gasteiger partial charge in [-0.2, -0.15) is 0 Å². The minimum absolute atomic E-state index is 0.0551. The second-order valence-electron chi connectivity index (χ2n) is 6.42. The number of hydrogen-bond donors (Lipinski definition) is 1. The van der Waals surface area contributed by atoms with Crippen LogP contribution in [0, 0.1) is 11.6 Å². The van der Waals surface area contributed by atoms with Crippen molar-refractivity contribution >= 4 is 0 Å². The van der Waals surface area contributed by atoms with Gasteiger partial charge in [-0.25, -0.2) is 8.78 Å². The second-order valence-corrected chi connectivity index (χ2v) is 6.42. The number of aromatic hydroxyl groups is 1. The van der Waals surface area contributed by atoms with Crippen LogP contribution in [0.5, 0.6) is 5.75 Å². The number of rotatable bonds is 2. The van der Waals surface area contributed by atoms with E-state index in [1.54, 1.807) is 24.3 Å². The van der Waals surface area contributed by atoms with Crippen LogP contribution < -0.4 is 0 Å². The van der Waals surface area contributed by atoms with E-state index in [0.717, 1.165) is 11.1 Å². The molecule has 124 valence electrons. The maximum Gasteiger partial charge on any atom is 0.159 e. The van der Waals surface area contributed by atoms with Crippen LogP contribution in [0.15, 0.2) is 58.7 Å². The molecule has 0 aliphatic heterocycles. The van der Waals surface area contributed by atoms with Gasteiger partial charge in [0.1, 0.15) is 5.75 Å². The number of phenolic OH excluding ortho intramolecular Hbond substituents is 1. The van der Waals surface area contributed by atoms with Crippen molar-refractivity contribution in [3.8, 4) is 16.9 Å². The molecule has 3 rings (SSSR count). The van der Waals surface area contributed by atoms with Crippen LogP contribution in [0.25, 0.3) is 11.1 Å². The first-order valence-corrected chi connectivity index (χ1v) is 7.95. The van der Waals surface area contributed by atoms with Gasteiger partial charge in [-0.3, -0.25) is 0 Å². The van der Waals surface area contributed by atoms with Gasteiger partial charge in [0.05, 0.1) is 0 Å². The van der Waals surface area contributed by atoms with E-state index >= 15 is 0 Å². The van der Waals surface area contributed by atoms with E-state index in [9.17, 15) is 13.9 Å². The Bertz CT molecular complexity index is 867. The normalized spacial score (nSPS) is 15.6. The van der Waals surface area contributed by atoms with Gasteiger partial charge in [0.25, 0.3) is 0 Å². The third-order valence-electron chi connectivity index (χ3n) is 5.21. The molecule has 3 heteroatoms. The van der Waals surface area contributed by atoms with Crippen LogP contribution in [0.3, 0.4) is 0 Å². The number of halogens is 2. The molecule has 24 heavy (non-hydrogen) atoms. The summed E-state index contributed by atoms with van der Waals surface area (Å²) in [7, 11) is 0. The zero-order valence-electron chi connectivity index (χ0n) is 14.2. The van der Waals surface area contributed by atoms with E-state index in [4.69, 9.17) is 0 Å². The van der Waals surface area contributed by atoms with Gasteiger partial charge in [-0.05, 0) is 68.2 Å². The standard InChI is InChI=1S/C21H20F2O/c1-11-12(2)14(4)21(13(11)3)17-10-19(23)18(22)9-16(17)15-7-5-6-8-20(15)24/h5-10,21,24H,1-4H3. The van der Waals surface area contributed by atoms with E-state index in [0.29, 0.717) is 16.7 Å². The fourth-order valence-corrected chi connectivity index (χ4v) is 3.55. The molecule has 0 unspecified atom stereocenters. The van der Waals surface area contributed by atoms with Crippen LogP contribution in [-0.4, -0.2) is 5.11 Å². The quantitative estimate of drug-likeness (QED) is 0.706. The van der Waals surface area contributed by atoms with Gasteiger partial charge in [0.2, 0.25) is 0 Å². The van der Waals surface area contributed by atoms with Crippen molar-refractivity contribution in [1.29, 1.82) is 0 Å². The average molecular weight is 326 g/mol. The first kappa shape index (κ1) is 16.4. The molecule has 1 N–H and O–H groups in total. The summed E-state index contributed by atoms with van der Waals surface area (Å²) in [6.07, 6.45) is 0. The lowest BCUT2D eigenvalue weighted by molar-refractivity contribution is 0.477. The lowest BCUT2D eigenvalue weighted by atomic mass is 9.83. The van der Waals surface area contributed by atoms with Crippen molar-refractivity contribution in [2.75, 3.05) is 0 Å². The maximum absolute atomic E-state index is 14.0. The highest BCUT2D eigenvalue weighted by atomic mass is 19.2. The van der Waals surface area contributed by atoms with E-state index in [1.807, 2.05) is 27.7 Å². The van der Waals surface area contributed by atoms with Crippen molar-refractivity contribution in [3.05, 3.63) is 75.9 Å². The van der Waals surface area contributed by atoms with Gasteiger partial charge in [-0.15, -0.1) is 0 Å². The molecule has 1 aliphatic rings. The Morgan fingerprint density at radius 3 is 1.92 bits per heavy atom. The Morgan fingerprint density at radius 2 is 1.33 bits per heavy atom. The number of hydrogen-bond acceptors (Lipinski definition) is 1. The summed E-state index contributed by atoms with van der Waals surface area (Å²) in [5.74, 6) is -1.83. The summed E-state index contributed by atoms with van der Waals surface area (Å²) in [5.41, 5.74) is 6.35. The minimum Gasteiger partial charge on any atom is -0.507 e. The Kier molecular flexibility index (Phi) is 4.04. The zero-order chi connectivity index (χ0) is 17.6. The molecular weight excluding hydrogens is 306 g/mol. The van der Waals surface area contributed by atoms with Gasteiger partial charge < -0.3 is 5.11 Å². The van der Waals surface area contributed by atoms with Gasteiger partial charge in [0, 0.05) is 11.5 Å². The molecular formula is C21H20F2O. The first-order valence-electron chi connectivity index (χ1n) is 7.95. The van der Waals surface area contributed by atoms with E-state index < -0.39 is 11.6 Å². The first-order chi connectivity index (χ1) is 11.3. The largest absolute Gasteiger partial charge is 0.507 e. The fourth-order valence-electron chi connectivity index (χ4n) is 3.55. The molecule has 1 aliphatic carbocycles. The molecule has 0 saturated carbocycles. The van der Waals surface area contributed by atoms with Crippen LogP contribution in [0.4, 0.5) is 8.78 Å². The monoisotopic (exact) mass is 326 g/mol. The number of benzene rings is 2. The Labute approximate surface area is 141 Å². The lowest BCUT2D eigenvalue weighted by Gasteiger charge is -2.21. The van der Waals surface area contributed by atoms with Crippen molar-refractivity contribution < 1.29 is 13.9 Å². The van der Waals surface area contributed by atoms with Crippen LogP contribution in [0.2, 0.25) is 0 Å². The predicted molar refractivity (Wildman–Crippen MR) is 92.9 cm³/mol. The summed E-state index contributed by atoms with van der Waals surface area (Å²) in [4.78, 5) is 0. The molecule has 0 bridgehead atoms. The molecule has 0 atom stereocenters. The molecule has 0 spiro atoms. The molecule has 0 heterocycles. The van der Waals surface area contributed by atoms with Crippen LogP contribution >= 0.6 is 0 Å². The van der Waals surface area contributed by atoms with Gasteiger partial charge >= 0.3 is 0 Å². The van der Waals surface area contributed by atoms with Crippen LogP contribution in [-0.2, 0) is 0 Å². The zero-order valence-corrected chi connectivity index (χ0v) is 14.2. The predicted octanol–water partition coefficient (Wildman–Crippen LogP) is 6.11. The maximum atomic E-state index is 14.0. The summed E-state index contributed by atoms with van der Waals surface area (Å²) in [6, 6.07) is 9.20. The molecule has 2 aromatic rings. The van der Waals surface area contributed by atoms with Crippen molar-refractivity contribution in [1.82, 2.24) is 0 Å². The molecule has 0 saturated heterocycles. The second kappa shape index (κ2) is 5.90. The Balaban J connectivity index is 2.30. The molecule has 0 amide bonds. The summed E-state index contributed by atoms with van der Waals surface area (Å²) in [6.45, 7) is 8.15. The highest BCUT2D eigenvalue weighted by molar-refractivity contribution is 5.75. The number of phenols is 1. The van der Waals surface area contributed by atoms with Crippen molar-refractivity contribution in [2.24, 2.45) is 0 Å². The number of allylic oxidation sites excluding steroid dienone is 4. The average Bonchev–Trinajstić information content (AvgIpc) is 2.74. The molecule has 0 radical (unpaired) electrons. The van der Waals surface area contributed by atoms with Gasteiger partial charge in [-0.1, -0.05) is 29.3 Å². The van der Waals surface area contributed by atoms with Crippen molar-refractivity contribution in [3.63, 3.8) is 0 Å². The SMILES string of the molecule is CC1=C(C)C(c2cc(F)c(F)cc2-c2ccccc2O)C(C)=C1C. The molecule has 0 fully saturated rings. The summed E-state index contributed by atoms with van der Waals surface area (Å²) >= 11 is 0. The van der Waals surface area contributed by atoms with E-state index in [2.05, 4.69) is 0 Å². The number of para-hydroxylation sites is 1. The third kappa shape index (κ3) is 2.44.